The van der Waals surface area contributed by atoms with Crippen LogP contribution >= 0.6 is 0 Å². The highest BCUT2D eigenvalue weighted by atomic mass is 16.5. The standard InChI is InChI=1S/C16H17N3O2/c1-2-21-11-13-5-3-4-12(6-13)9-19-16(20)15-7-14(8-17)10-18-15/h3-7,10,18H,2,9,11H2,1H3,(H,19,20). The Labute approximate surface area is 123 Å². The van der Waals surface area contributed by atoms with Gasteiger partial charge in [-0.2, -0.15) is 5.26 Å². The number of amides is 1. The van der Waals surface area contributed by atoms with Gasteiger partial charge < -0.3 is 15.0 Å². The molecule has 1 amide bonds. The number of hydrogen-bond donors (Lipinski definition) is 2. The van der Waals surface area contributed by atoms with E-state index < -0.39 is 0 Å². The van der Waals surface area contributed by atoms with Crippen molar-refractivity contribution >= 4 is 5.91 Å². The number of carbonyl (C=O) groups is 1. The molecule has 5 nitrogen and oxygen atoms in total. The van der Waals surface area contributed by atoms with Gasteiger partial charge in [0, 0.05) is 19.3 Å². The smallest absolute Gasteiger partial charge is 0.268 e. The Morgan fingerprint density at radius 3 is 2.90 bits per heavy atom. The zero-order valence-corrected chi connectivity index (χ0v) is 11.8. The van der Waals surface area contributed by atoms with Crippen LogP contribution in [-0.4, -0.2) is 17.5 Å². The van der Waals surface area contributed by atoms with Gasteiger partial charge in [0.25, 0.3) is 5.91 Å². The van der Waals surface area contributed by atoms with Gasteiger partial charge in [-0.3, -0.25) is 4.79 Å². The molecule has 0 unspecified atom stereocenters. The number of aromatic nitrogens is 1. The van der Waals surface area contributed by atoms with Crippen LogP contribution in [0.5, 0.6) is 0 Å². The number of H-pyrrole nitrogens is 1. The molecule has 108 valence electrons. The van der Waals surface area contributed by atoms with Crippen molar-refractivity contribution in [3.05, 3.63) is 58.9 Å². The van der Waals surface area contributed by atoms with Gasteiger partial charge in [-0.05, 0) is 24.1 Å². The largest absolute Gasteiger partial charge is 0.377 e. The van der Waals surface area contributed by atoms with Crippen molar-refractivity contribution in [1.29, 1.82) is 5.26 Å². The molecule has 0 saturated carbocycles. The van der Waals surface area contributed by atoms with E-state index in [1.807, 2.05) is 37.3 Å². The third kappa shape index (κ3) is 4.20. The van der Waals surface area contributed by atoms with Gasteiger partial charge in [0.2, 0.25) is 0 Å². The molecule has 1 aromatic heterocycles. The van der Waals surface area contributed by atoms with Gasteiger partial charge in [0.1, 0.15) is 11.8 Å². The Hall–Kier alpha value is -2.58. The number of nitriles is 1. The first-order valence-electron chi connectivity index (χ1n) is 6.75. The maximum atomic E-state index is 11.9. The third-order valence-corrected chi connectivity index (χ3v) is 2.97. The maximum Gasteiger partial charge on any atom is 0.268 e. The van der Waals surface area contributed by atoms with Crippen LogP contribution in [0.3, 0.4) is 0 Å². The summed E-state index contributed by atoms with van der Waals surface area (Å²) in [5, 5.41) is 11.5. The van der Waals surface area contributed by atoms with E-state index in [0.29, 0.717) is 31.0 Å². The molecular formula is C16H17N3O2. The number of nitrogens with zero attached hydrogens (tertiary/aromatic N) is 1. The minimum Gasteiger partial charge on any atom is -0.377 e. The van der Waals surface area contributed by atoms with Crippen LogP contribution in [0, 0.1) is 11.3 Å². The van der Waals surface area contributed by atoms with Gasteiger partial charge in [0.05, 0.1) is 12.2 Å². The minimum absolute atomic E-state index is 0.230. The lowest BCUT2D eigenvalue weighted by Crippen LogP contribution is -2.23. The first kappa shape index (κ1) is 14.8. The van der Waals surface area contributed by atoms with Crippen LogP contribution in [0.25, 0.3) is 0 Å². The molecule has 0 aliphatic rings. The predicted octanol–water partition coefficient (Wildman–Crippen LogP) is 2.35. The highest BCUT2D eigenvalue weighted by molar-refractivity contribution is 5.92. The minimum atomic E-state index is -0.230. The maximum absolute atomic E-state index is 11.9. The fourth-order valence-corrected chi connectivity index (χ4v) is 1.92. The highest BCUT2D eigenvalue weighted by Crippen LogP contribution is 2.07. The monoisotopic (exact) mass is 283 g/mol. The number of ether oxygens (including phenoxy) is 1. The van der Waals surface area contributed by atoms with E-state index in [2.05, 4.69) is 10.3 Å². The van der Waals surface area contributed by atoms with Crippen LogP contribution in [0.1, 0.15) is 34.1 Å². The van der Waals surface area contributed by atoms with Crippen LogP contribution in [0.2, 0.25) is 0 Å². The van der Waals surface area contributed by atoms with Gasteiger partial charge in [0.15, 0.2) is 0 Å². The fraction of sp³-hybridized carbons (Fsp3) is 0.250. The van der Waals surface area contributed by atoms with Crippen LogP contribution in [0.15, 0.2) is 36.5 Å². The Bertz CT molecular complexity index is 656. The second-order valence-corrected chi connectivity index (χ2v) is 4.55. The molecule has 0 atom stereocenters. The summed E-state index contributed by atoms with van der Waals surface area (Å²) in [6.45, 7) is 3.63. The molecule has 0 aliphatic heterocycles. The van der Waals surface area contributed by atoms with Crippen molar-refractivity contribution in [2.75, 3.05) is 6.61 Å². The summed E-state index contributed by atoms with van der Waals surface area (Å²) in [6.07, 6.45) is 1.51. The van der Waals surface area contributed by atoms with Crippen LogP contribution < -0.4 is 5.32 Å². The second-order valence-electron chi connectivity index (χ2n) is 4.55. The molecule has 21 heavy (non-hydrogen) atoms. The fourth-order valence-electron chi connectivity index (χ4n) is 1.92. The first-order chi connectivity index (χ1) is 10.2. The topological polar surface area (TPSA) is 77.9 Å². The SMILES string of the molecule is CCOCc1cccc(CNC(=O)c2cc(C#N)c[nH]2)c1. The molecule has 0 saturated heterocycles. The molecule has 2 rings (SSSR count). The molecule has 0 radical (unpaired) electrons. The number of hydrogen-bond acceptors (Lipinski definition) is 3. The lowest BCUT2D eigenvalue weighted by molar-refractivity contribution is 0.0946. The van der Waals surface area contributed by atoms with Crippen LogP contribution in [0.4, 0.5) is 0 Å². The zero-order chi connectivity index (χ0) is 15.1. The number of benzene rings is 1. The molecule has 0 aliphatic carbocycles. The molecule has 1 heterocycles. The quantitative estimate of drug-likeness (QED) is 0.854. The molecule has 5 heteroatoms. The van der Waals surface area contributed by atoms with E-state index >= 15 is 0 Å². The molecule has 0 spiro atoms. The van der Waals surface area contributed by atoms with E-state index in [1.165, 1.54) is 12.3 Å². The van der Waals surface area contributed by atoms with Crippen molar-refractivity contribution in [1.82, 2.24) is 10.3 Å². The number of rotatable bonds is 6. The van der Waals surface area contributed by atoms with Crippen molar-refractivity contribution in [2.45, 2.75) is 20.1 Å². The van der Waals surface area contributed by atoms with E-state index in [-0.39, 0.29) is 5.91 Å². The van der Waals surface area contributed by atoms with Gasteiger partial charge in [-0.1, -0.05) is 24.3 Å². The molecule has 0 bridgehead atoms. The van der Waals surface area contributed by atoms with Gasteiger partial charge >= 0.3 is 0 Å². The highest BCUT2D eigenvalue weighted by Gasteiger charge is 2.08. The van der Waals surface area contributed by atoms with Crippen molar-refractivity contribution in [3.63, 3.8) is 0 Å². The third-order valence-electron chi connectivity index (χ3n) is 2.97. The summed E-state index contributed by atoms with van der Waals surface area (Å²) in [5.74, 6) is -0.230. The molecule has 1 aromatic carbocycles. The average molecular weight is 283 g/mol. The number of nitrogens with one attached hydrogen (secondary N) is 2. The molecule has 0 fully saturated rings. The van der Waals surface area contributed by atoms with Crippen molar-refractivity contribution in [3.8, 4) is 6.07 Å². The predicted molar refractivity (Wildman–Crippen MR) is 78.4 cm³/mol. The van der Waals surface area contributed by atoms with E-state index in [0.717, 1.165) is 11.1 Å². The molecule has 2 N–H and O–H groups in total. The van der Waals surface area contributed by atoms with Gasteiger partial charge in [-0.15, -0.1) is 0 Å². The Kier molecular flexibility index (Phi) is 5.13. The summed E-state index contributed by atoms with van der Waals surface area (Å²) >= 11 is 0. The van der Waals surface area contributed by atoms with E-state index in [1.54, 1.807) is 0 Å². The zero-order valence-electron chi connectivity index (χ0n) is 11.8. The van der Waals surface area contributed by atoms with Crippen molar-refractivity contribution < 1.29 is 9.53 Å². The Balaban J connectivity index is 1.93. The summed E-state index contributed by atoms with van der Waals surface area (Å²) in [6, 6.07) is 11.4. The van der Waals surface area contributed by atoms with Crippen molar-refractivity contribution in [2.24, 2.45) is 0 Å². The van der Waals surface area contributed by atoms with E-state index in [9.17, 15) is 4.79 Å². The summed E-state index contributed by atoms with van der Waals surface area (Å²) < 4.78 is 5.36. The Morgan fingerprint density at radius 1 is 1.38 bits per heavy atom. The molecular weight excluding hydrogens is 266 g/mol. The van der Waals surface area contributed by atoms with Crippen LogP contribution in [-0.2, 0) is 17.9 Å². The molecule has 2 aromatic rings. The average Bonchev–Trinajstić information content (AvgIpc) is 3.00. The lowest BCUT2D eigenvalue weighted by Gasteiger charge is -2.07. The summed E-state index contributed by atoms with van der Waals surface area (Å²) in [7, 11) is 0. The summed E-state index contributed by atoms with van der Waals surface area (Å²) in [5.41, 5.74) is 2.92. The number of aromatic amines is 1. The first-order valence-corrected chi connectivity index (χ1v) is 6.75. The normalized spacial score (nSPS) is 10.1. The number of carbonyl (C=O) groups excluding carboxylic acids is 1. The second kappa shape index (κ2) is 7.27. The van der Waals surface area contributed by atoms with Gasteiger partial charge in [-0.25, -0.2) is 0 Å². The summed E-state index contributed by atoms with van der Waals surface area (Å²) in [4.78, 5) is 14.7. The Morgan fingerprint density at radius 2 is 2.19 bits per heavy atom. The lowest BCUT2D eigenvalue weighted by atomic mass is 10.1. The van der Waals surface area contributed by atoms with E-state index in [4.69, 9.17) is 10.00 Å².